The van der Waals surface area contributed by atoms with Crippen molar-refractivity contribution < 1.29 is 23.7 Å². The van der Waals surface area contributed by atoms with Crippen LogP contribution in [0.5, 0.6) is 11.5 Å². The van der Waals surface area contributed by atoms with Gasteiger partial charge in [0.05, 0.1) is 30.4 Å². The highest BCUT2D eigenvalue weighted by Gasteiger charge is 2.19. The molecule has 3 aromatic carbocycles. The summed E-state index contributed by atoms with van der Waals surface area (Å²) in [4.78, 5) is 28.0. The molecule has 4 aromatic rings. The predicted octanol–water partition coefficient (Wildman–Crippen LogP) is 4.89. The molecule has 0 aliphatic carbocycles. The van der Waals surface area contributed by atoms with E-state index in [0.717, 1.165) is 0 Å². The van der Waals surface area contributed by atoms with Crippen molar-refractivity contribution in [3.63, 3.8) is 0 Å². The molecule has 0 saturated heterocycles. The highest BCUT2D eigenvalue weighted by molar-refractivity contribution is 6.06. The normalized spacial score (nSPS) is 10.6. The van der Waals surface area contributed by atoms with Gasteiger partial charge in [-0.25, -0.2) is 0 Å². The average Bonchev–Trinajstić information content (AvgIpc) is 3.34. The van der Waals surface area contributed by atoms with Crippen molar-refractivity contribution in [1.82, 2.24) is 10.1 Å². The standard InChI is InChI=1S/C24H20N4O6/c1-14-8-9-16(12-19(14)28(30)31)23(29)25-18-7-5-4-6-17(18)24-26-22(27-34-24)15-10-11-20(32-2)21(13-15)33-3/h4-13H,1-3H3,(H,25,29). The summed E-state index contributed by atoms with van der Waals surface area (Å²) in [6.45, 7) is 1.61. The fourth-order valence-corrected chi connectivity index (χ4v) is 3.35. The predicted molar refractivity (Wildman–Crippen MR) is 124 cm³/mol. The number of rotatable bonds is 7. The monoisotopic (exact) mass is 460 g/mol. The number of benzene rings is 3. The molecule has 172 valence electrons. The van der Waals surface area contributed by atoms with E-state index >= 15 is 0 Å². The number of hydrogen-bond donors (Lipinski definition) is 1. The summed E-state index contributed by atoms with van der Waals surface area (Å²) < 4.78 is 16.0. The number of amides is 1. The summed E-state index contributed by atoms with van der Waals surface area (Å²) in [7, 11) is 3.08. The van der Waals surface area contributed by atoms with Crippen LogP contribution in [0.4, 0.5) is 11.4 Å². The van der Waals surface area contributed by atoms with E-state index in [-0.39, 0.29) is 17.1 Å². The smallest absolute Gasteiger partial charge is 0.273 e. The molecule has 1 amide bonds. The fraction of sp³-hybridized carbons (Fsp3) is 0.125. The Bertz CT molecular complexity index is 1380. The molecule has 34 heavy (non-hydrogen) atoms. The van der Waals surface area contributed by atoms with Crippen molar-refractivity contribution in [3.8, 4) is 34.3 Å². The maximum absolute atomic E-state index is 12.8. The van der Waals surface area contributed by atoms with Crippen molar-refractivity contribution in [2.75, 3.05) is 19.5 Å². The number of hydrogen-bond acceptors (Lipinski definition) is 8. The summed E-state index contributed by atoms with van der Waals surface area (Å²) in [5, 5.41) is 18.0. The molecule has 0 radical (unpaired) electrons. The van der Waals surface area contributed by atoms with Crippen LogP contribution in [0.25, 0.3) is 22.8 Å². The number of methoxy groups -OCH3 is 2. The number of para-hydroxylation sites is 1. The zero-order valence-electron chi connectivity index (χ0n) is 18.6. The first-order valence-corrected chi connectivity index (χ1v) is 10.1. The van der Waals surface area contributed by atoms with Gasteiger partial charge in [0.15, 0.2) is 11.5 Å². The number of carbonyl (C=O) groups is 1. The summed E-state index contributed by atoms with van der Waals surface area (Å²) in [6, 6.07) is 16.4. The van der Waals surface area contributed by atoms with Crippen molar-refractivity contribution >= 4 is 17.3 Å². The summed E-state index contributed by atoms with van der Waals surface area (Å²) in [5.74, 6) is 1.10. The third kappa shape index (κ3) is 4.42. The van der Waals surface area contributed by atoms with Gasteiger partial charge >= 0.3 is 0 Å². The molecule has 0 aliphatic rings. The lowest BCUT2D eigenvalue weighted by atomic mass is 10.1. The second-order valence-corrected chi connectivity index (χ2v) is 7.25. The molecular formula is C24H20N4O6. The SMILES string of the molecule is COc1ccc(-c2noc(-c3ccccc3NC(=O)c3ccc(C)c([N+](=O)[O-])c3)n2)cc1OC. The van der Waals surface area contributed by atoms with E-state index in [2.05, 4.69) is 15.5 Å². The molecule has 10 nitrogen and oxygen atoms in total. The van der Waals surface area contributed by atoms with Gasteiger partial charge in [0.1, 0.15) is 0 Å². The van der Waals surface area contributed by atoms with E-state index in [4.69, 9.17) is 14.0 Å². The van der Waals surface area contributed by atoms with Crippen molar-refractivity contribution in [2.45, 2.75) is 6.92 Å². The Kier molecular flexibility index (Phi) is 6.22. The van der Waals surface area contributed by atoms with Crippen LogP contribution in [-0.4, -0.2) is 35.2 Å². The molecule has 0 fully saturated rings. The average molecular weight is 460 g/mol. The van der Waals surface area contributed by atoms with Gasteiger partial charge in [0.25, 0.3) is 17.5 Å². The van der Waals surface area contributed by atoms with E-state index in [1.54, 1.807) is 56.5 Å². The zero-order chi connectivity index (χ0) is 24.2. The number of nitrogens with one attached hydrogen (secondary N) is 1. The van der Waals surface area contributed by atoms with Gasteiger partial charge < -0.3 is 19.3 Å². The second kappa shape index (κ2) is 9.41. The maximum atomic E-state index is 12.8. The fourth-order valence-electron chi connectivity index (χ4n) is 3.35. The quantitative estimate of drug-likeness (QED) is 0.305. The Labute approximate surface area is 194 Å². The van der Waals surface area contributed by atoms with Crippen LogP contribution in [-0.2, 0) is 0 Å². The van der Waals surface area contributed by atoms with Gasteiger partial charge in [-0.1, -0.05) is 23.4 Å². The van der Waals surface area contributed by atoms with Gasteiger partial charge in [0.2, 0.25) is 5.82 Å². The van der Waals surface area contributed by atoms with Crippen LogP contribution in [0.2, 0.25) is 0 Å². The van der Waals surface area contributed by atoms with E-state index in [1.807, 2.05) is 0 Å². The number of aryl methyl sites for hydroxylation is 1. The lowest BCUT2D eigenvalue weighted by Crippen LogP contribution is -2.13. The number of aromatic nitrogens is 2. The number of nitrogens with zero attached hydrogens (tertiary/aromatic N) is 3. The Morgan fingerprint density at radius 3 is 2.53 bits per heavy atom. The number of nitro groups is 1. The Morgan fingerprint density at radius 1 is 1.03 bits per heavy atom. The van der Waals surface area contributed by atoms with Gasteiger partial charge in [-0.15, -0.1) is 0 Å². The minimum atomic E-state index is -0.520. The lowest BCUT2D eigenvalue weighted by molar-refractivity contribution is -0.385. The maximum Gasteiger partial charge on any atom is 0.273 e. The van der Waals surface area contributed by atoms with E-state index in [0.29, 0.717) is 39.7 Å². The Balaban J connectivity index is 1.63. The van der Waals surface area contributed by atoms with Gasteiger partial charge in [-0.05, 0) is 43.3 Å². The molecule has 10 heteroatoms. The van der Waals surface area contributed by atoms with Crippen molar-refractivity contribution in [3.05, 3.63) is 81.9 Å². The zero-order valence-corrected chi connectivity index (χ0v) is 18.6. The number of anilines is 1. The molecule has 0 bridgehead atoms. The molecule has 4 rings (SSSR count). The van der Waals surface area contributed by atoms with Crippen LogP contribution in [0.15, 0.2) is 65.2 Å². The first kappa shape index (κ1) is 22.5. The third-order valence-electron chi connectivity index (χ3n) is 5.14. The van der Waals surface area contributed by atoms with Crippen LogP contribution in [0, 0.1) is 17.0 Å². The molecule has 0 atom stereocenters. The molecule has 1 aromatic heterocycles. The third-order valence-corrected chi connectivity index (χ3v) is 5.14. The molecule has 0 saturated carbocycles. The summed E-state index contributed by atoms with van der Waals surface area (Å²) in [5.41, 5.74) is 2.06. The summed E-state index contributed by atoms with van der Waals surface area (Å²) in [6.07, 6.45) is 0. The molecule has 0 spiro atoms. The van der Waals surface area contributed by atoms with Crippen LogP contribution in [0.1, 0.15) is 15.9 Å². The van der Waals surface area contributed by atoms with Crippen molar-refractivity contribution in [2.24, 2.45) is 0 Å². The van der Waals surface area contributed by atoms with Gasteiger partial charge in [-0.2, -0.15) is 4.98 Å². The second-order valence-electron chi connectivity index (χ2n) is 7.25. The van der Waals surface area contributed by atoms with Crippen LogP contribution >= 0.6 is 0 Å². The minimum Gasteiger partial charge on any atom is -0.493 e. The van der Waals surface area contributed by atoms with E-state index in [9.17, 15) is 14.9 Å². The number of nitro benzene ring substituents is 1. The molecular weight excluding hydrogens is 440 g/mol. The Hall–Kier alpha value is -4.73. The van der Waals surface area contributed by atoms with Gasteiger partial charge in [-0.3, -0.25) is 14.9 Å². The highest BCUT2D eigenvalue weighted by atomic mass is 16.6. The van der Waals surface area contributed by atoms with Gasteiger partial charge in [0, 0.05) is 22.8 Å². The first-order valence-electron chi connectivity index (χ1n) is 10.1. The number of ether oxygens (including phenoxy) is 2. The topological polar surface area (TPSA) is 130 Å². The molecule has 0 aliphatic heterocycles. The first-order chi connectivity index (χ1) is 16.4. The summed E-state index contributed by atoms with van der Waals surface area (Å²) >= 11 is 0. The van der Waals surface area contributed by atoms with E-state index < -0.39 is 10.8 Å². The highest BCUT2D eigenvalue weighted by Crippen LogP contribution is 2.33. The van der Waals surface area contributed by atoms with Crippen LogP contribution < -0.4 is 14.8 Å². The largest absolute Gasteiger partial charge is 0.493 e. The minimum absolute atomic E-state index is 0.127. The molecule has 0 unspecified atom stereocenters. The van der Waals surface area contributed by atoms with E-state index in [1.165, 1.54) is 25.3 Å². The molecule has 1 heterocycles. The molecule has 1 N–H and O–H groups in total. The lowest BCUT2D eigenvalue weighted by Gasteiger charge is -2.09. The van der Waals surface area contributed by atoms with Crippen LogP contribution in [0.3, 0.4) is 0 Å². The Morgan fingerprint density at radius 2 is 1.79 bits per heavy atom. The van der Waals surface area contributed by atoms with Crippen molar-refractivity contribution in [1.29, 1.82) is 0 Å². The number of carbonyl (C=O) groups excluding carboxylic acids is 1.